The normalized spacial score (nSPS) is 28.9. The molecule has 0 spiro atoms. The third-order valence-corrected chi connectivity index (χ3v) is 3.42. The van der Waals surface area contributed by atoms with Crippen molar-refractivity contribution in [3.05, 3.63) is 11.7 Å². The second-order valence-corrected chi connectivity index (χ2v) is 6.11. The highest BCUT2D eigenvalue weighted by molar-refractivity contribution is 5.10. The fourth-order valence-electron chi connectivity index (χ4n) is 2.45. The quantitative estimate of drug-likeness (QED) is 0.836. The molecule has 1 heterocycles. The highest BCUT2D eigenvalue weighted by Gasteiger charge is 2.44. The Balaban J connectivity index is 2.24. The maximum Gasteiger partial charge on any atom is 0.229 e. The lowest BCUT2D eigenvalue weighted by atomic mass is 9.88. The SMILES string of the molecule is CC(C)c1nc(C2(N)CCC(C)(C)C2)no1. The Morgan fingerprint density at radius 2 is 2.00 bits per heavy atom. The molecule has 0 saturated heterocycles. The third kappa shape index (κ3) is 1.98. The van der Waals surface area contributed by atoms with Crippen molar-refractivity contribution in [2.24, 2.45) is 11.1 Å². The second-order valence-electron chi connectivity index (χ2n) is 6.11. The van der Waals surface area contributed by atoms with Crippen LogP contribution in [0.3, 0.4) is 0 Å². The van der Waals surface area contributed by atoms with Crippen molar-refractivity contribution in [3.8, 4) is 0 Å². The molecule has 1 aliphatic rings. The smallest absolute Gasteiger partial charge is 0.229 e. The number of nitrogens with two attached hydrogens (primary N) is 1. The van der Waals surface area contributed by atoms with E-state index < -0.39 is 0 Å². The molecular formula is C12H21N3O. The molecule has 2 rings (SSSR count). The predicted molar refractivity (Wildman–Crippen MR) is 61.9 cm³/mol. The number of hydrogen-bond acceptors (Lipinski definition) is 4. The van der Waals surface area contributed by atoms with Gasteiger partial charge in [-0.05, 0) is 24.7 Å². The van der Waals surface area contributed by atoms with Gasteiger partial charge in [-0.3, -0.25) is 0 Å². The molecule has 90 valence electrons. The van der Waals surface area contributed by atoms with E-state index in [1.807, 2.05) is 13.8 Å². The van der Waals surface area contributed by atoms with Crippen LogP contribution in [-0.4, -0.2) is 10.1 Å². The van der Waals surface area contributed by atoms with Crippen molar-refractivity contribution in [1.82, 2.24) is 10.1 Å². The standard InChI is InChI=1S/C12H21N3O/c1-8(2)9-14-10(15-16-9)12(13)6-5-11(3,4)7-12/h8H,5-7,13H2,1-4H3. The fourth-order valence-corrected chi connectivity index (χ4v) is 2.45. The van der Waals surface area contributed by atoms with E-state index in [0.29, 0.717) is 11.7 Å². The van der Waals surface area contributed by atoms with Gasteiger partial charge in [0.1, 0.15) is 0 Å². The first-order valence-electron chi connectivity index (χ1n) is 5.95. The minimum atomic E-state index is -0.389. The molecule has 0 amide bonds. The zero-order chi connectivity index (χ0) is 12.0. The van der Waals surface area contributed by atoms with Gasteiger partial charge in [-0.1, -0.05) is 32.9 Å². The Labute approximate surface area is 96.6 Å². The van der Waals surface area contributed by atoms with Gasteiger partial charge in [0.2, 0.25) is 5.89 Å². The molecule has 1 saturated carbocycles. The predicted octanol–water partition coefficient (Wildman–Crippen LogP) is 2.56. The molecule has 16 heavy (non-hydrogen) atoms. The summed E-state index contributed by atoms with van der Waals surface area (Å²) in [5.41, 5.74) is 6.28. The molecule has 0 bridgehead atoms. The van der Waals surface area contributed by atoms with Gasteiger partial charge in [0.15, 0.2) is 5.82 Å². The second kappa shape index (κ2) is 3.55. The first-order chi connectivity index (χ1) is 7.32. The average molecular weight is 223 g/mol. The number of aromatic nitrogens is 2. The Morgan fingerprint density at radius 1 is 1.31 bits per heavy atom. The van der Waals surface area contributed by atoms with Gasteiger partial charge in [0, 0.05) is 5.92 Å². The summed E-state index contributed by atoms with van der Waals surface area (Å²) in [5, 5.41) is 4.05. The molecule has 1 aromatic rings. The summed E-state index contributed by atoms with van der Waals surface area (Å²) in [7, 11) is 0. The summed E-state index contributed by atoms with van der Waals surface area (Å²) >= 11 is 0. The van der Waals surface area contributed by atoms with Crippen molar-refractivity contribution in [1.29, 1.82) is 0 Å². The Morgan fingerprint density at radius 3 is 2.44 bits per heavy atom. The van der Waals surface area contributed by atoms with Gasteiger partial charge >= 0.3 is 0 Å². The third-order valence-electron chi connectivity index (χ3n) is 3.42. The van der Waals surface area contributed by atoms with Crippen LogP contribution in [0.4, 0.5) is 0 Å². The van der Waals surface area contributed by atoms with Crippen molar-refractivity contribution in [3.63, 3.8) is 0 Å². The van der Waals surface area contributed by atoms with Crippen LogP contribution in [0.5, 0.6) is 0 Å². The minimum Gasteiger partial charge on any atom is -0.339 e. The molecule has 0 aromatic carbocycles. The van der Waals surface area contributed by atoms with Gasteiger partial charge in [0.25, 0.3) is 0 Å². The first kappa shape index (κ1) is 11.6. The lowest BCUT2D eigenvalue weighted by Crippen LogP contribution is -2.35. The molecule has 0 radical (unpaired) electrons. The summed E-state index contributed by atoms with van der Waals surface area (Å²) in [5.74, 6) is 1.63. The largest absolute Gasteiger partial charge is 0.339 e. The number of nitrogens with zero attached hydrogens (tertiary/aromatic N) is 2. The van der Waals surface area contributed by atoms with Crippen LogP contribution in [0.1, 0.15) is 64.6 Å². The van der Waals surface area contributed by atoms with E-state index >= 15 is 0 Å². The van der Waals surface area contributed by atoms with Crippen LogP contribution in [0.2, 0.25) is 0 Å². The van der Waals surface area contributed by atoms with E-state index in [-0.39, 0.29) is 16.9 Å². The van der Waals surface area contributed by atoms with E-state index in [2.05, 4.69) is 24.0 Å². The fraction of sp³-hybridized carbons (Fsp3) is 0.833. The molecule has 1 atom stereocenters. The number of rotatable bonds is 2. The Kier molecular flexibility index (Phi) is 2.57. The summed E-state index contributed by atoms with van der Waals surface area (Å²) in [4.78, 5) is 4.43. The van der Waals surface area contributed by atoms with E-state index in [1.54, 1.807) is 0 Å². The molecule has 1 aliphatic carbocycles. The molecule has 2 N–H and O–H groups in total. The van der Waals surface area contributed by atoms with E-state index in [1.165, 1.54) is 0 Å². The van der Waals surface area contributed by atoms with Crippen LogP contribution in [0.15, 0.2) is 4.52 Å². The highest BCUT2D eigenvalue weighted by Crippen LogP contribution is 2.46. The van der Waals surface area contributed by atoms with Gasteiger partial charge in [-0.15, -0.1) is 0 Å². The van der Waals surface area contributed by atoms with E-state index in [9.17, 15) is 0 Å². The van der Waals surface area contributed by atoms with Gasteiger partial charge in [-0.25, -0.2) is 0 Å². The van der Waals surface area contributed by atoms with Crippen molar-refractivity contribution in [2.75, 3.05) is 0 Å². The zero-order valence-corrected chi connectivity index (χ0v) is 10.6. The van der Waals surface area contributed by atoms with Crippen LogP contribution in [0, 0.1) is 5.41 Å². The molecule has 0 aliphatic heterocycles. The highest BCUT2D eigenvalue weighted by atomic mass is 16.5. The topological polar surface area (TPSA) is 64.9 Å². The Bertz CT molecular complexity index is 383. The zero-order valence-electron chi connectivity index (χ0n) is 10.6. The molecule has 1 aromatic heterocycles. The van der Waals surface area contributed by atoms with Crippen LogP contribution in [-0.2, 0) is 5.54 Å². The van der Waals surface area contributed by atoms with Crippen LogP contribution >= 0.6 is 0 Å². The summed E-state index contributed by atoms with van der Waals surface area (Å²) < 4.78 is 5.23. The average Bonchev–Trinajstić information content (AvgIpc) is 2.71. The molecule has 4 heteroatoms. The summed E-state index contributed by atoms with van der Waals surface area (Å²) in [6, 6.07) is 0. The van der Waals surface area contributed by atoms with Crippen LogP contribution < -0.4 is 5.73 Å². The maximum atomic E-state index is 6.38. The number of hydrogen-bond donors (Lipinski definition) is 1. The van der Waals surface area contributed by atoms with Crippen molar-refractivity contribution in [2.45, 2.75) is 58.4 Å². The lowest BCUT2D eigenvalue weighted by Gasteiger charge is -2.22. The lowest BCUT2D eigenvalue weighted by molar-refractivity contribution is 0.313. The minimum absolute atomic E-state index is 0.263. The van der Waals surface area contributed by atoms with E-state index in [4.69, 9.17) is 10.3 Å². The van der Waals surface area contributed by atoms with Gasteiger partial charge in [-0.2, -0.15) is 4.98 Å². The summed E-state index contributed by atoms with van der Waals surface area (Å²) in [6.07, 6.45) is 2.99. The maximum absolute atomic E-state index is 6.38. The van der Waals surface area contributed by atoms with E-state index in [0.717, 1.165) is 19.3 Å². The van der Waals surface area contributed by atoms with Gasteiger partial charge < -0.3 is 10.3 Å². The molecule has 1 unspecified atom stereocenters. The molecule has 1 fully saturated rings. The van der Waals surface area contributed by atoms with Crippen molar-refractivity contribution < 1.29 is 4.52 Å². The molecular weight excluding hydrogens is 202 g/mol. The first-order valence-corrected chi connectivity index (χ1v) is 5.95. The Hall–Kier alpha value is -0.900. The molecule has 4 nitrogen and oxygen atoms in total. The van der Waals surface area contributed by atoms with Crippen LogP contribution in [0.25, 0.3) is 0 Å². The van der Waals surface area contributed by atoms with Crippen molar-refractivity contribution >= 4 is 0 Å². The van der Waals surface area contributed by atoms with Gasteiger partial charge in [0.05, 0.1) is 5.54 Å². The summed E-state index contributed by atoms with van der Waals surface area (Å²) in [6.45, 7) is 8.56. The monoisotopic (exact) mass is 223 g/mol.